The first-order valence-electron chi connectivity index (χ1n) is 5.09. The molecule has 78 valence electrons. The molecule has 0 amide bonds. The Morgan fingerprint density at radius 2 is 1.87 bits per heavy atom. The number of aromatic nitrogens is 1. The van der Waals surface area contributed by atoms with Crippen molar-refractivity contribution in [2.75, 3.05) is 0 Å². The lowest BCUT2D eigenvalue weighted by molar-refractivity contribution is 0.133. The Kier molecular flexibility index (Phi) is 2.35. The zero-order valence-electron chi connectivity index (χ0n) is 9.32. The van der Waals surface area contributed by atoms with E-state index in [1.807, 2.05) is 51.1 Å². The van der Waals surface area contributed by atoms with Crippen LogP contribution in [0.5, 0.6) is 5.75 Å². The molecule has 0 spiro atoms. The van der Waals surface area contributed by atoms with Gasteiger partial charge < -0.3 is 4.74 Å². The second-order valence-corrected chi connectivity index (χ2v) is 4.54. The lowest BCUT2D eigenvalue weighted by Gasteiger charge is -2.22. The molecule has 2 rings (SSSR count). The summed E-state index contributed by atoms with van der Waals surface area (Å²) in [6.45, 7) is 6.13. The van der Waals surface area contributed by atoms with E-state index < -0.39 is 0 Å². The molecule has 2 aromatic rings. The van der Waals surface area contributed by atoms with Gasteiger partial charge >= 0.3 is 0 Å². The van der Waals surface area contributed by atoms with Crippen molar-refractivity contribution in [2.45, 2.75) is 26.4 Å². The van der Waals surface area contributed by atoms with E-state index >= 15 is 0 Å². The number of fused-ring (bicyclic) bond motifs is 1. The van der Waals surface area contributed by atoms with Crippen molar-refractivity contribution in [1.29, 1.82) is 0 Å². The van der Waals surface area contributed by atoms with E-state index in [4.69, 9.17) is 4.74 Å². The maximum absolute atomic E-state index is 5.87. The van der Waals surface area contributed by atoms with E-state index in [1.54, 1.807) is 6.20 Å². The predicted octanol–water partition coefficient (Wildman–Crippen LogP) is 3.41. The molecule has 0 fully saturated rings. The third kappa shape index (κ3) is 2.27. The molecule has 1 aromatic carbocycles. The summed E-state index contributed by atoms with van der Waals surface area (Å²) >= 11 is 0. The van der Waals surface area contributed by atoms with Crippen LogP contribution < -0.4 is 4.74 Å². The van der Waals surface area contributed by atoms with Crippen LogP contribution in [0.2, 0.25) is 0 Å². The largest absolute Gasteiger partial charge is 0.487 e. The summed E-state index contributed by atoms with van der Waals surface area (Å²) in [4.78, 5) is 4.29. The van der Waals surface area contributed by atoms with Gasteiger partial charge in [0.1, 0.15) is 11.4 Å². The molecule has 0 N–H and O–H groups in total. The van der Waals surface area contributed by atoms with Crippen molar-refractivity contribution >= 4 is 10.9 Å². The smallest absolute Gasteiger partial charge is 0.129 e. The standard InChI is InChI=1S/C13H15NO/c1-13(2,3)15-12-8-4-7-11-10(12)6-5-9-14-11/h4-9H,1-3H3. The van der Waals surface area contributed by atoms with Gasteiger partial charge in [-0.2, -0.15) is 0 Å². The molecule has 0 saturated carbocycles. The Hall–Kier alpha value is -1.57. The third-order valence-corrected chi connectivity index (χ3v) is 2.02. The van der Waals surface area contributed by atoms with E-state index in [2.05, 4.69) is 4.98 Å². The van der Waals surface area contributed by atoms with Crippen LogP contribution in [0.1, 0.15) is 20.8 Å². The summed E-state index contributed by atoms with van der Waals surface area (Å²) in [7, 11) is 0. The van der Waals surface area contributed by atoms with Gasteiger partial charge in [-0.05, 0) is 45.0 Å². The highest BCUT2D eigenvalue weighted by Crippen LogP contribution is 2.26. The van der Waals surface area contributed by atoms with E-state index in [-0.39, 0.29) is 5.60 Å². The second-order valence-electron chi connectivity index (χ2n) is 4.54. The van der Waals surface area contributed by atoms with Crippen LogP contribution in [0.3, 0.4) is 0 Å². The number of benzene rings is 1. The molecular formula is C13H15NO. The van der Waals surface area contributed by atoms with Gasteiger partial charge in [-0.1, -0.05) is 6.07 Å². The number of hydrogen-bond acceptors (Lipinski definition) is 2. The van der Waals surface area contributed by atoms with E-state index in [9.17, 15) is 0 Å². The van der Waals surface area contributed by atoms with Crippen molar-refractivity contribution in [2.24, 2.45) is 0 Å². The van der Waals surface area contributed by atoms with E-state index in [1.165, 1.54) is 0 Å². The van der Waals surface area contributed by atoms with Gasteiger partial charge in [-0.25, -0.2) is 0 Å². The van der Waals surface area contributed by atoms with Crippen molar-refractivity contribution < 1.29 is 4.74 Å². The maximum atomic E-state index is 5.87. The molecule has 0 unspecified atom stereocenters. The van der Waals surface area contributed by atoms with Crippen molar-refractivity contribution in [3.8, 4) is 5.75 Å². The van der Waals surface area contributed by atoms with Crippen LogP contribution in [0, 0.1) is 0 Å². The first-order chi connectivity index (χ1) is 7.06. The van der Waals surface area contributed by atoms with Gasteiger partial charge in [0, 0.05) is 11.6 Å². The molecule has 0 aliphatic rings. The highest BCUT2D eigenvalue weighted by Gasteiger charge is 2.13. The predicted molar refractivity (Wildman–Crippen MR) is 62.1 cm³/mol. The van der Waals surface area contributed by atoms with Gasteiger partial charge in [-0.15, -0.1) is 0 Å². The van der Waals surface area contributed by atoms with Crippen LogP contribution in [0.25, 0.3) is 10.9 Å². The molecular weight excluding hydrogens is 186 g/mol. The minimum atomic E-state index is -0.176. The van der Waals surface area contributed by atoms with Gasteiger partial charge in [0.15, 0.2) is 0 Å². The van der Waals surface area contributed by atoms with Crippen molar-refractivity contribution in [3.05, 3.63) is 36.5 Å². The van der Waals surface area contributed by atoms with Crippen LogP contribution in [0.4, 0.5) is 0 Å². The quantitative estimate of drug-likeness (QED) is 0.705. The Balaban J connectivity index is 2.52. The summed E-state index contributed by atoms with van der Waals surface area (Å²) in [6, 6.07) is 9.90. The highest BCUT2D eigenvalue weighted by atomic mass is 16.5. The van der Waals surface area contributed by atoms with Crippen LogP contribution in [-0.2, 0) is 0 Å². The number of rotatable bonds is 1. The maximum Gasteiger partial charge on any atom is 0.129 e. The second kappa shape index (κ2) is 3.54. The van der Waals surface area contributed by atoms with Gasteiger partial charge in [0.2, 0.25) is 0 Å². The van der Waals surface area contributed by atoms with E-state index in [0.29, 0.717) is 0 Å². The lowest BCUT2D eigenvalue weighted by atomic mass is 10.1. The van der Waals surface area contributed by atoms with Crippen LogP contribution in [0.15, 0.2) is 36.5 Å². The number of ether oxygens (including phenoxy) is 1. The molecule has 0 radical (unpaired) electrons. The molecule has 2 heteroatoms. The molecule has 0 bridgehead atoms. The molecule has 0 saturated heterocycles. The van der Waals surface area contributed by atoms with Gasteiger partial charge in [-0.3, -0.25) is 4.98 Å². The first kappa shape index (κ1) is 9.97. The average molecular weight is 201 g/mol. The zero-order chi connectivity index (χ0) is 10.9. The van der Waals surface area contributed by atoms with Gasteiger partial charge in [0.25, 0.3) is 0 Å². The lowest BCUT2D eigenvalue weighted by Crippen LogP contribution is -2.23. The van der Waals surface area contributed by atoms with Crippen LogP contribution >= 0.6 is 0 Å². The Morgan fingerprint density at radius 1 is 1.07 bits per heavy atom. The summed E-state index contributed by atoms with van der Waals surface area (Å²) < 4.78 is 5.87. The first-order valence-corrected chi connectivity index (χ1v) is 5.09. The van der Waals surface area contributed by atoms with Crippen molar-refractivity contribution in [1.82, 2.24) is 4.98 Å². The topological polar surface area (TPSA) is 22.1 Å². The fourth-order valence-corrected chi connectivity index (χ4v) is 1.49. The normalized spacial score (nSPS) is 11.7. The number of hydrogen-bond donors (Lipinski definition) is 0. The average Bonchev–Trinajstić information content (AvgIpc) is 2.16. The minimum absolute atomic E-state index is 0.176. The highest BCUT2D eigenvalue weighted by molar-refractivity contribution is 5.84. The minimum Gasteiger partial charge on any atom is -0.487 e. The Morgan fingerprint density at radius 3 is 2.60 bits per heavy atom. The SMILES string of the molecule is CC(C)(C)Oc1cccc2ncccc12. The number of pyridine rings is 1. The molecule has 1 heterocycles. The molecule has 1 aromatic heterocycles. The summed E-state index contributed by atoms with van der Waals surface area (Å²) in [5.41, 5.74) is 0.795. The molecule has 0 aliphatic carbocycles. The zero-order valence-corrected chi connectivity index (χ0v) is 9.32. The Labute approximate surface area is 89.9 Å². The van der Waals surface area contributed by atoms with Crippen molar-refractivity contribution in [3.63, 3.8) is 0 Å². The monoisotopic (exact) mass is 201 g/mol. The summed E-state index contributed by atoms with van der Waals surface area (Å²) in [5, 5.41) is 1.06. The number of nitrogens with zero attached hydrogens (tertiary/aromatic N) is 1. The van der Waals surface area contributed by atoms with E-state index in [0.717, 1.165) is 16.7 Å². The molecule has 15 heavy (non-hydrogen) atoms. The third-order valence-electron chi connectivity index (χ3n) is 2.02. The Bertz CT molecular complexity index is 466. The van der Waals surface area contributed by atoms with Gasteiger partial charge in [0.05, 0.1) is 5.52 Å². The molecule has 2 nitrogen and oxygen atoms in total. The summed E-state index contributed by atoms with van der Waals surface area (Å²) in [5.74, 6) is 0.896. The molecule has 0 atom stereocenters. The fraction of sp³-hybridized carbons (Fsp3) is 0.308. The fourth-order valence-electron chi connectivity index (χ4n) is 1.49. The molecule has 0 aliphatic heterocycles. The summed E-state index contributed by atoms with van der Waals surface area (Å²) in [6.07, 6.45) is 1.79. The van der Waals surface area contributed by atoms with Crippen LogP contribution in [-0.4, -0.2) is 10.6 Å².